The number of nitriles is 1. The summed E-state index contributed by atoms with van der Waals surface area (Å²) in [6.07, 6.45) is 9.84. The molecule has 0 bridgehead atoms. The van der Waals surface area contributed by atoms with Gasteiger partial charge in [-0.25, -0.2) is 0 Å². The first-order chi connectivity index (χ1) is 12.5. The first-order valence-corrected chi connectivity index (χ1v) is 9.64. The monoisotopic (exact) mass is 371 g/mol. The van der Waals surface area contributed by atoms with Crippen LogP contribution in [0, 0.1) is 16.7 Å². The van der Waals surface area contributed by atoms with E-state index in [4.69, 9.17) is 17.0 Å². The molecule has 0 aromatic carbocycles. The lowest BCUT2D eigenvalue weighted by Gasteiger charge is -2.41. The lowest BCUT2D eigenvalue weighted by Crippen LogP contribution is -2.44. The molecule has 5 nitrogen and oxygen atoms in total. The predicted octanol–water partition coefficient (Wildman–Crippen LogP) is 2.53. The summed E-state index contributed by atoms with van der Waals surface area (Å²) in [5, 5.41) is 9.16. The van der Waals surface area contributed by atoms with Crippen LogP contribution in [0.3, 0.4) is 0 Å². The average Bonchev–Trinajstić information content (AvgIpc) is 2.87. The van der Waals surface area contributed by atoms with Crippen molar-refractivity contribution >= 4 is 11.8 Å². The number of likely N-dealkylation sites (tertiary alicyclic amines) is 1. The number of halogens is 1. The van der Waals surface area contributed by atoms with E-state index in [1.807, 2.05) is 6.20 Å². The fourth-order valence-corrected chi connectivity index (χ4v) is 5.17. The Morgan fingerprint density at radius 1 is 1.19 bits per heavy atom. The number of hydrogen-bond donors (Lipinski definition) is 0. The molecule has 138 valence electrons. The van der Waals surface area contributed by atoms with Crippen molar-refractivity contribution < 1.29 is 0 Å². The molecular weight excluding hydrogens is 346 g/mol. The van der Waals surface area contributed by atoms with Crippen LogP contribution in [0.2, 0.25) is 0 Å². The van der Waals surface area contributed by atoms with E-state index in [0.29, 0.717) is 0 Å². The molecule has 3 heterocycles. The second kappa shape index (κ2) is 6.77. The third-order valence-electron chi connectivity index (χ3n) is 6.14. The molecular formula is C20H26ClN5. The molecule has 1 atom stereocenters. The van der Waals surface area contributed by atoms with Crippen LogP contribution in [0.1, 0.15) is 12.8 Å². The summed E-state index contributed by atoms with van der Waals surface area (Å²) in [5.41, 5.74) is 5.04. The molecule has 26 heavy (non-hydrogen) atoms. The Hall–Kier alpha value is -1.74. The van der Waals surface area contributed by atoms with Crippen molar-refractivity contribution in [2.45, 2.75) is 12.8 Å². The van der Waals surface area contributed by atoms with E-state index in [1.54, 1.807) is 10.5 Å². The number of rotatable bonds is 1. The Bertz CT molecular complexity index is 751. The number of likely N-dealkylation sites (N-methyl/N-ethyl adjacent to an activating group) is 2. The van der Waals surface area contributed by atoms with E-state index in [-0.39, 0.29) is 5.41 Å². The van der Waals surface area contributed by atoms with E-state index in [0.717, 1.165) is 52.1 Å². The van der Waals surface area contributed by atoms with Crippen LogP contribution in [0.4, 0.5) is 0 Å². The molecule has 3 aliphatic heterocycles. The minimum absolute atomic E-state index is 0.125. The van der Waals surface area contributed by atoms with Crippen molar-refractivity contribution in [3.63, 3.8) is 0 Å². The summed E-state index contributed by atoms with van der Waals surface area (Å²) in [6.45, 7) is 6.15. The van der Waals surface area contributed by atoms with Gasteiger partial charge >= 0.3 is 0 Å². The molecule has 0 saturated carbocycles. The maximum absolute atomic E-state index is 9.16. The fraction of sp³-hybridized carbons (Fsp3) is 0.550. The zero-order valence-corrected chi connectivity index (χ0v) is 16.3. The van der Waals surface area contributed by atoms with Crippen molar-refractivity contribution in [2.75, 3.05) is 53.4 Å². The summed E-state index contributed by atoms with van der Waals surface area (Å²) >= 11 is 6.68. The van der Waals surface area contributed by atoms with Gasteiger partial charge in [0.1, 0.15) is 0 Å². The quantitative estimate of drug-likeness (QED) is 0.523. The standard InChI is InChI=1S/C20H26ClN5/c1-23-9-11-25(12-10-23)18-6-8-26(21)19-4-3-16(5-7-22)13-20(19)15-24(2)14-17(18)20/h4-6,8H,3,9-15H2,1-2H3/b16-5-. The first kappa shape index (κ1) is 17.7. The molecule has 6 heteroatoms. The third kappa shape index (κ3) is 2.87. The molecule has 0 aromatic heterocycles. The minimum Gasteiger partial charge on any atom is -0.369 e. The summed E-state index contributed by atoms with van der Waals surface area (Å²) in [6, 6.07) is 2.23. The molecule has 2 fully saturated rings. The van der Waals surface area contributed by atoms with E-state index in [1.165, 1.54) is 22.5 Å². The second-order valence-electron chi connectivity index (χ2n) is 7.94. The average molecular weight is 372 g/mol. The Labute approximate surface area is 161 Å². The van der Waals surface area contributed by atoms with Crippen molar-refractivity contribution in [1.82, 2.24) is 19.1 Å². The first-order valence-electron chi connectivity index (χ1n) is 9.30. The van der Waals surface area contributed by atoms with Crippen molar-refractivity contribution in [3.05, 3.63) is 47.0 Å². The normalized spacial score (nSPS) is 31.6. The van der Waals surface area contributed by atoms with Crippen molar-refractivity contribution in [3.8, 4) is 6.07 Å². The Kier molecular flexibility index (Phi) is 4.60. The van der Waals surface area contributed by atoms with Crippen molar-refractivity contribution in [2.24, 2.45) is 5.41 Å². The zero-order valence-electron chi connectivity index (χ0n) is 15.6. The van der Waals surface area contributed by atoms with Gasteiger partial charge < -0.3 is 14.7 Å². The van der Waals surface area contributed by atoms with Gasteiger partial charge in [0.05, 0.1) is 11.5 Å². The second-order valence-corrected chi connectivity index (χ2v) is 8.30. The topological polar surface area (TPSA) is 36.8 Å². The molecule has 4 rings (SSSR count). The Balaban J connectivity index is 1.82. The molecule has 1 spiro atoms. The van der Waals surface area contributed by atoms with Crippen LogP contribution >= 0.6 is 11.8 Å². The van der Waals surface area contributed by atoms with Gasteiger partial charge in [0.2, 0.25) is 0 Å². The van der Waals surface area contributed by atoms with Crippen LogP contribution in [-0.2, 0) is 0 Å². The summed E-state index contributed by atoms with van der Waals surface area (Å²) in [4.78, 5) is 7.29. The molecule has 1 unspecified atom stereocenters. The number of allylic oxidation sites excluding steroid dienone is 4. The fourth-order valence-electron chi connectivity index (χ4n) is 4.88. The summed E-state index contributed by atoms with van der Waals surface area (Å²) in [5.74, 6) is 0. The van der Waals surface area contributed by atoms with Gasteiger partial charge in [-0.05, 0) is 38.6 Å². The smallest absolute Gasteiger partial charge is 0.0911 e. The van der Waals surface area contributed by atoms with Gasteiger partial charge in [-0.2, -0.15) is 5.26 Å². The van der Waals surface area contributed by atoms with Crippen molar-refractivity contribution in [1.29, 1.82) is 5.26 Å². The molecule has 4 aliphatic rings. The van der Waals surface area contributed by atoms with Crippen LogP contribution < -0.4 is 0 Å². The highest BCUT2D eigenvalue weighted by Gasteiger charge is 2.50. The highest BCUT2D eigenvalue weighted by molar-refractivity contribution is 6.15. The molecule has 0 N–H and O–H groups in total. The lowest BCUT2D eigenvalue weighted by atomic mass is 9.70. The predicted molar refractivity (Wildman–Crippen MR) is 104 cm³/mol. The van der Waals surface area contributed by atoms with Gasteiger partial charge in [0.25, 0.3) is 0 Å². The third-order valence-corrected chi connectivity index (χ3v) is 6.43. The molecule has 0 aromatic rings. The largest absolute Gasteiger partial charge is 0.369 e. The van der Waals surface area contributed by atoms with Crippen LogP contribution in [0.5, 0.6) is 0 Å². The van der Waals surface area contributed by atoms with Gasteiger partial charge in [0, 0.05) is 74.7 Å². The van der Waals surface area contributed by atoms with Crippen LogP contribution in [0.15, 0.2) is 47.0 Å². The van der Waals surface area contributed by atoms with E-state index < -0.39 is 0 Å². The Morgan fingerprint density at radius 3 is 2.69 bits per heavy atom. The van der Waals surface area contributed by atoms with Gasteiger partial charge in [-0.3, -0.25) is 4.42 Å². The van der Waals surface area contributed by atoms with E-state index >= 15 is 0 Å². The van der Waals surface area contributed by atoms with Crippen LogP contribution in [0.25, 0.3) is 0 Å². The number of nitrogens with zero attached hydrogens (tertiary/aromatic N) is 5. The SMILES string of the molecule is CN1CCN(C2=C3CN(C)CC34C/C(=C\C#N)CC=C4N(Cl)C=C2)CC1. The molecule has 0 amide bonds. The highest BCUT2D eigenvalue weighted by Crippen LogP contribution is 2.53. The maximum Gasteiger partial charge on any atom is 0.0911 e. The van der Waals surface area contributed by atoms with Crippen LogP contribution in [-0.4, -0.2) is 72.5 Å². The van der Waals surface area contributed by atoms with Gasteiger partial charge in [-0.1, -0.05) is 11.6 Å². The Morgan fingerprint density at radius 2 is 1.96 bits per heavy atom. The number of piperazine rings is 1. The van der Waals surface area contributed by atoms with E-state index in [9.17, 15) is 0 Å². The van der Waals surface area contributed by atoms with E-state index in [2.05, 4.69) is 47.0 Å². The molecule has 0 radical (unpaired) electrons. The zero-order chi connectivity index (χ0) is 18.3. The lowest BCUT2D eigenvalue weighted by molar-refractivity contribution is 0.187. The minimum atomic E-state index is -0.125. The van der Waals surface area contributed by atoms with Gasteiger partial charge in [-0.15, -0.1) is 0 Å². The summed E-state index contributed by atoms with van der Waals surface area (Å²) < 4.78 is 1.78. The molecule has 1 aliphatic carbocycles. The number of hydrogen-bond acceptors (Lipinski definition) is 5. The maximum atomic E-state index is 9.16. The summed E-state index contributed by atoms with van der Waals surface area (Å²) in [7, 11) is 4.37. The van der Waals surface area contributed by atoms with Gasteiger partial charge in [0.15, 0.2) is 0 Å². The highest BCUT2D eigenvalue weighted by atomic mass is 35.5. The molecule has 2 saturated heterocycles.